The van der Waals surface area contributed by atoms with Crippen LogP contribution in [0.15, 0.2) is 18.5 Å². The molecular formula is C11H15ClN2O2. The Labute approximate surface area is 100.0 Å². The molecule has 5 heteroatoms. The van der Waals surface area contributed by atoms with Gasteiger partial charge in [0.15, 0.2) is 0 Å². The Morgan fingerprint density at radius 2 is 2.38 bits per heavy atom. The summed E-state index contributed by atoms with van der Waals surface area (Å²) in [5.74, 6) is -0.185. The molecule has 0 fully saturated rings. The first-order chi connectivity index (χ1) is 7.75. The standard InChI is InChI=1S/C11H15ClN2O2/c1-16-7-3-2-5-14-11(15)9-8-13-6-4-10(9)12/h4,6,8H,2-3,5,7H2,1H3,(H,14,15). The lowest BCUT2D eigenvalue weighted by Gasteiger charge is -2.05. The second-order valence-electron chi connectivity index (χ2n) is 3.31. The Balaban J connectivity index is 2.33. The average molecular weight is 243 g/mol. The highest BCUT2D eigenvalue weighted by Crippen LogP contribution is 2.12. The number of amides is 1. The molecule has 0 radical (unpaired) electrons. The first-order valence-corrected chi connectivity index (χ1v) is 5.50. The van der Waals surface area contributed by atoms with Crippen LogP contribution in [-0.2, 0) is 4.74 Å². The minimum Gasteiger partial charge on any atom is -0.385 e. The van der Waals surface area contributed by atoms with Gasteiger partial charge in [0.1, 0.15) is 0 Å². The fourth-order valence-corrected chi connectivity index (χ4v) is 1.40. The monoisotopic (exact) mass is 242 g/mol. The van der Waals surface area contributed by atoms with Crippen LogP contribution < -0.4 is 5.32 Å². The maximum atomic E-state index is 11.6. The average Bonchev–Trinajstić information content (AvgIpc) is 2.29. The zero-order valence-electron chi connectivity index (χ0n) is 9.20. The highest BCUT2D eigenvalue weighted by Gasteiger charge is 2.08. The first-order valence-electron chi connectivity index (χ1n) is 5.12. The van der Waals surface area contributed by atoms with Gasteiger partial charge >= 0.3 is 0 Å². The van der Waals surface area contributed by atoms with E-state index in [1.165, 1.54) is 6.20 Å². The largest absolute Gasteiger partial charge is 0.385 e. The molecule has 1 amide bonds. The molecule has 0 saturated heterocycles. The second kappa shape index (κ2) is 7.19. The van der Waals surface area contributed by atoms with Crippen LogP contribution >= 0.6 is 11.6 Å². The second-order valence-corrected chi connectivity index (χ2v) is 3.72. The van der Waals surface area contributed by atoms with E-state index in [1.54, 1.807) is 19.4 Å². The topological polar surface area (TPSA) is 51.2 Å². The fourth-order valence-electron chi connectivity index (χ4n) is 1.21. The van der Waals surface area contributed by atoms with Crippen LogP contribution in [0.1, 0.15) is 23.2 Å². The van der Waals surface area contributed by atoms with Crippen LogP contribution in [0, 0.1) is 0 Å². The van der Waals surface area contributed by atoms with Crippen molar-refractivity contribution in [3.63, 3.8) is 0 Å². The van der Waals surface area contributed by atoms with E-state index >= 15 is 0 Å². The molecule has 0 aliphatic rings. The Bertz CT molecular complexity index is 345. The van der Waals surface area contributed by atoms with Crippen LogP contribution in [0.4, 0.5) is 0 Å². The van der Waals surface area contributed by atoms with Crippen molar-refractivity contribution in [2.24, 2.45) is 0 Å². The van der Waals surface area contributed by atoms with Crippen molar-refractivity contribution in [1.29, 1.82) is 0 Å². The lowest BCUT2D eigenvalue weighted by molar-refractivity contribution is 0.0951. The van der Waals surface area contributed by atoms with Crippen LogP contribution in [-0.4, -0.2) is 31.2 Å². The van der Waals surface area contributed by atoms with E-state index < -0.39 is 0 Å². The number of aromatic nitrogens is 1. The smallest absolute Gasteiger partial charge is 0.254 e. The third-order valence-corrected chi connectivity index (χ3v) is 2.40. The van der Waals surface area contributed by atoms with Gasteiger partial charge in [-0.05, 0) is 18.9 Å². The van der Waals surface area contributed by atoms with Gasteiger partial charge in [0.25, 0.3) is 5.91 Å². The predicted octanol–water partition coefficient (Wildman–Crippen LogP) is 1.89. The highest BCUT2D eigenvalue weighted by molar-refractivity contribution is 6.33. The van der Waals surface area contributed by atoms with E-state index in [9.17, 15) is 4.79 Å². The van der Waals surface area contributed by atoms with Gasteiger partial charge in [0, 0.05) is 32.7 Å². The van der Waals surface area contributed by atoms with Crippen molar-refractivity contribution in [3.8, 4) is 0 Å². The van der Waals surface area contributed by atoms with Crippen molar-refractivity contribution in [2.45, 2.75) is 12.8 Å². The number of pyridine rings is 1. The van der Waals surface area contributed by atoms with Crippen LogP contribution in [0.25, 0.3) is 0 Å². The molecule has 0 aliphatic heterocycles. The zero-order chi connectivity index (χ0) is 11.8. The normalized spacial score (nSPS) is 10.1. The number of hydrogen-bond acceptors (Lipinski definition) is 3. The molecule has 16 heavy (non-hydrogen) atoms. The molecule has 0 unspecified atom stereocenters. The van der Waals surface area contributed by atoms with E-state index in [0.29, 0.717) is 23.7 Å². The van der Waals surface area contributed by atoms with Gasteiger partial charge in [0.05, 0.1) is 10.6 Å². The number of carbonyl (C=O) groups excluding carboxylic acids is 1. The fraction of sp³-hybridized carbons (Fsp3) is 0.455. The Hall–Kier alpha value is -1.13. The molecule has 1 heterocycles. The molecule has 4 nitrogen and oxygen atoms in total. The van der Waals surface area contributed by atoms with Gasteiger partial charge in [-0.1, -0.05) is 11.6 Å². The number of carbonyl (C=O) groups is 1. The van der Waals surface area contributed by atoms with Gasteiger partial charge in [0.2, 0.25) is 0 Å². The zero-order valence-corrected chi connectivity index (χ0v) is 9.96. The van der Waals surface area contributed by atoms with Gasteiger partial charge in [-0.2, -0.15) is 0 Å². The number of methoxy groups -OCH3 is 1. The molecular weight excluding hydrogens is 228 g/mol. The third kappa shape index (κ3) is 4.16. The molecule has 0 atom stereocenters. The van der Waals surface area contributed by atoms with Gasteiger partial charge in [-0.3, -0.25) is 9.78 Å². The molecule has 0 aromatic carbocycles. The Kier molecular flexibility index (Phi) is 5.82. The SMILES string of the molecule is COCCCCNC(=O)c1cnccc1Cl. The van der Waals surface area contributed by atoms with Gasteiger partial charge in [-0.25, -0.2) is 0 Å². The third-order valence-electron chi connectivity index (χ3n) is 2.07. The van der Waals surface area contributed by atoms with Gasteiger partial charge < -0.3 is 10.1 Å². The number of unbranched alkanes of at least 4 members (excludes halogenated alkanes) is 1. The number of nitrogens with zero attached hydrogens (tertiary/aromatic N) is 1. The van der Waals surface area contributed by atoms with Crippen molar-refractivity contribution in [3.05, 3.63) is 29.0 Å². The number of rotatable bonds is 6. The molecule has 0 spiro atoms. The Morgan fingerprint density at radius 3 is 3.06 bits per heavy atom. The number of nitrogens with one attached hydrogen (secondary N) is 1. The minimum absolute atomic E-state index is 0.185. The summed E-state index contributed by atoms with van der Waals surface area (Å²) < 4.78 is 4.91. The lowest BCUT2D eigenvalue weighted by Crippen LogP contribution is -2.25. The van der Waals surface area contributed by atoms with E-state index in [0.717, 1.165) is 12.8 Å². The summed E-state index contributed by atoms with van der Waals surface area (Å²) in [6, 6.07) is 1.60. The molecule has 0 saturated carbocycles. The summed E-state index contributed by atoms with van der Waals surface area (Å²) in [5.41, 5.74) is 0.413. The highest BCUT2D eigenvalue weighted by atomic mass is 35.5. The van der Waals surface area contributed by atoms with Crippen molar-refractivity contribution in [2.75, 3.05) is 20.3 Å². The molecule has 0 bridgehead atoms. The number of hydrogen-bond donors (Lipinski definition) is 1. The van der Waals surface area contributed by atoms with E-state index in [1.807, 2.05) is 0 Å². The molecule has 1 N–H and O–H groups in total. The minimum atomic E-state index is -0.185. The lowest BCUT2D eigenvalue weighted by atomic mass is 10.2. The van der Waals surface area contributed by atoms with Crippen molar-refractivity contribution in [1.82, 2.24) is 10.3 Å². The summed E-state index contributed by atoms with van der Waals surface area (Å²) in [5, 5.41) is 3.20. The van der Waals surface area contributed by atoms with E-state index in [-0.39, 0.29) is 5.91 Å². The maximum absolute atomic E-state index is 11.6. The van der Waals surface area contributed by atoms with Crippen LogP contribution in [0.5, 0.6) is 0 Å². The summed E-state index contributed by atoms with van der Waals surface area (Å²) in [6.45, 7) is 1.33. The summed E-state index contributed by atoms with van der Waals surface area (Å²) in [7, 11) is 1.66. The first kappa shape index (κ1) is 12.9. The number of ether oxygens (including phenoxy) is 1. The van der Waals surface area contributed by atoms with Crippen LogP contribution in [0.3, 0.4) is 0 Å². The van der Waals surface area contributed by atoms with Crippen molar-refractivity contribution >= 4 is 17.5 Å². The maximum Gasteiger partial charge on any atom is 0.254 e. The summed E-state index contributed by atoms with van der Waals surface area (Å²) >= 11 is 5.86. The molecule has 1 rings (SSSR count). The van der Waals surface area contributed by atoms with Gasteiger partial charge in [-0.15, -0.1) is 0 Å². The summed E-state index contributed by atoms with van der Waals surface area (Å²) in [6.07, 6.45) is 4.83. The molecule has 0 aliphatic carbocycles. The van der Waals surface area contributed by atoms with E-state index in [4.69, 9.17) is 16.3 Å². The van der Waals surface area contributed by atoms with Crippen molar-refractivity contribution < 1.29 is 9.53 Å². The molecule has 88 valence electrons. The Morgan fingerprint density at radius 1 is 1.56 bits per heavy atom. The number of halogens is 1. The molecule has 1 aromatic heterocycles. The molecule has 1 aromatic rings. The quantitative estimate of drug-likeness (QED) is 0.775. The predicted molar refractivity (Wildman–Crippen MR) is 62.7 cm³/mol. The summed E-state index contributed by atoms with van der Waals surface area (Å²) in [4.78, 5) is 15.5. The van der Waals surface area contributed by atoms with E-state index in [2.05, 4.69) is 10.3 Å². The van der Waals surface area contributed by atoms with Crippen LogP contribution in [0.2, 0.25) is 5.02 Å².